The van der Waals surface area contributed by atoms with E-state index in [0.29, 0.717) is 6.54 Å². The molecule has 1 aliphatic rings. The summed E-state index contributed by atoms with van der Waals surface area (Å²) < 4.78 is 22.4. The van der Waals surface area contributed by atoms with Crippen LogP contribution in [0.1, 0.15) is 19.8 Å². The van der Waals surface area contributed by atoms with Gasteiger partial charge >= 0.3 is 0 Å². The zero-order valence-corrected chi connectivity index (χ0v) is 9.36. The van der Waals surface area contributed by atoms with Crippen LogP contribution in [0.15, 0.2) is 23.1 Å². The molecule has 0 aromatic carbocycles. The van der Waals surface area contributed by atoms with Crippen LogP contribution >= 0.6 is 0 Å². The Balaban J connectivity index is 2.42. The van der Waals surface area contributed by atoms with Gasteiger partial charge in [0.1, 0.15) is 0 Å². The number of nitrogens with one attached hydrogen (secondary N) is 1. The van der Waals surface area contributed by atoms with Gasteiger partial charge in [0.25, 0.3) is 0 Å². The van der Waals surface area contributed by atoms with E-state index in [4.69, 9.17) is 0 Å². The van der Waals surface area contributed by atoms with E-state index in [1.165, 1.54) is 5.41 Å². The van der Waals surface area contributed by atoms with Crippen LogP contribution in [0.5, 0.6) is 0 Å². The summed E-state index contributed by atoms with van der Waals surface area (Å²) in [7, 11) is -2.99. The lowest BCUT2D eigenvalue weighted by Crippen LogP contribution is -2.18. The van der Waals surface area contributed by atoms with Crippen LogP contribution in [0, 0.1) is 0 Å². The fourth-order valence-corrected chi connectivity index (χ4v) is 2.81. The Morgan fingerprint density at radius 3 is 2.79 bits per heavy atom. The van der Waals surface area contributed by atoms with Gasteiger partial charge in [-0.2, -0.15) is 0 Å². The Labute approximate surface area is 85.8 Å². The van der Waals surface area contributed by atoms with Crippen molar-refractivity contribution in [3.05, 3.63) is 23.1 Å². The quantitative estimate of drug-likeness (QED) is 0.702. The molecule has 0 saturated carbocycles. The van der Waals surface area contributed by atoms with E-state index in [0.717, 1.165) is 30.5 Å². The fourth-order valence-electron chi connectivity index (χ4n) is 1.37. The second kappa shape index (κ2) is 4.75. The smallest absolute Gasteiger partial charge is 0.176 e. The molecule has 0 spiro atoms. The number of rotatable bonds is 5. The topological polar surface area (TPSA) is 46.2 Å². The molecule has 1 heterocycles. The highest BCUT2D eigenvalue weighted by Gasteiger charge is 2.21. The summed E-state index contributed by atoms with van der Waals surface area (Å²) in [5.74, 6) is 0.0950. The van der Waals surface area contributed by atoms with Gasteiger partial charge in [-0.25, -0.2) is 8.42 Å². The third kappa shape index (κ3) is 3.27. The van der Waals surface area contributed by atoms with Crippen molar-refractivity contribution >= 4 is 9.84 Å². The number of unbranched alkanes of at least 4 members (excludes halogenated alkanes) is 1. The first-order chi connectivity index (χ1) is 6.55. The van der Waals surface area contributed by atoms with Gasteiger partial charge in [-0.05, 0) is 24.1 Å². The molecule has 0 aromatic heterocycles. The summed E-state index contributed by atoms with van der Waals surface area (Å²) in [6.45, 7) is 7.42. The van der Waals surface area contributed by atoms with Crippen LogP contribution in [0.25, 0.3) is 0 Å². The van der Waals surface area contributed by atoms with Crippen molar-refractivity contribution in [2.24, 2.45) is 0 Å². The third-order valence-electron chi connectivity index (χ3n) is 2.17. The maximum Gasteiger partial charge on any atom is 0.176 e. The van der Waals surface area contributed by atoms with E-state index in [-0.39, 0.29) is 5.75 Å². The van der Waals surface area contributed by atoms with Crippen molar-refractivity contribution in [2.45, 2.75) is 19.8 Å². The van der Waals surface area contributed by atoms with Crippen LogP contribution in [-0.4, -0.2) is 27.3 Å². The van der Waals surface area contributed by atoms with Crippen molar-refractivity contribution in [2.75, 3.05) is 18.8 Å². The van der Waals surface area contributed by atoms with Gasteiger partial charge < -0.3 is 5.32 Å². The van der Waals surface area contributed by atoms with Gasteiger partial charge in [-0.3, -0.25) is 0 Å². The first-order valence-electron chi connectivity index (χ1n) is 4.87. The van der Waals surface area contributed by atoms with Gasteiger partial charge in [-0.15, -0.1) is 0 Å². The molecular weight excluding hydrogens is 198 g/mol. The van der Waals surface area contributed by atoms with Crippen LogP contribution in [0.4, 0.5) is 0 Å². The molecule has 1 aliphatic heterocycles. The Morgan fingerprint density at radius 2 is 2.29 bits per heavy atom. The van der Waals surface area contributed by atoms with E-state index >= 15 is 0 Å². The molecule has 0 bridgehead atoms. The van der Waals surface area contributed by atoms with E-state index in [2.05, 4.69) is 18.8 Å². The maximum atomic E-state index is 11.2. The lowest BCUT2D eigenvalue weighted by Gasteiger charge is -2.04. The average Bonchev–Trinajstić information content (AvgIpc) is 2.34. The summed E-state index contributed by atoms with van der Waals surface area (Å²) in [5, 5.41) is 4.54. The molecule has 3 nitrogen and oxygen atoms in total. The van der Waals surface area contributed by atoms with Crippen LogP contribution in [0.3, 0.4) is 0 Å². The zero-order valence-electron chi connectivity index (χ0n) is 8.54. The summed E-state index contributed by atoms with van der Waals surface area (Å²) in [4.78, 5) is 0. The Morgan fingerprint density at radius 1 is 1.57 bits per heavy atom. The molecule has 0 fully saturated rings. The highest BCUT2D eigenvalue weighted by atomic mass is 32.2. The average molecular weight is 215 g/mol. The molecule has 0 unspecified atom stereocenters. The van der Waals surface area contributed by atoms with E-state index in [1.807, 2.05) is 0 Å². The second-order valence-electron chi connectivity index (χ2n) is 3.58. The summed E-state index contributed by atoms with van der Waals surface area (Å²) in [6.07, 6.45) is 2.26. The molecule has 0 aliphatic carbocycles. The minimum absolute atomic E-state index is 0.0950. The first-order valence-corrected chi connectivity index (χ1v) is 6.59. The molecule has 0 aromatic rings. The Hall–Kier alpha value is -0.610. The first kappa shape index (κ1) is 11.5. The molecule has 1 N–H and O–H groups in total. The van der Waals surface area contributed by atoms with E-state index in [9.17, 15) is 8.42 Å². The molecule has 0 radical (unpaired) electrons. The number of hydrogen-bond acceptors (Lipinski definition) is 3. The lowest BCUT2D eigenvalue weighted by molar-refractivity contribution is 0.608. The van der Waals surface area contributed by atoms with Crippen molar-refractivity contribution in [1.29, 1.82) is 0 Å². The predicted octanol–water partition coefficient (Wildman–Crippen LogP) is 1.24. The van der Waals surface area contributed by atoms with Gasteiger partial charge in [0.15, 0.2) is 9.84 Å². The van der Waals surface area contributed by atoms with Crippen molar-refractivity contribution in [1.82, 2.24) is 5.32 Å². The van der Waals surface area contributed by atoms with Gasteiger partial charge in [0, 0.05) is 12.0 Å². The maximum absolute atomic E-state index is 11.2. The van der Waals surface area contributed by atoms with Gasteiger partial charge in [-0.1, -0.05) is 19.9 Å². The third-order valence-corrected chi connectivity index (χ3v) is 3.57. The van der Waals surface area contributed by atoms with Gasteiger partial charge in [0.05, 0.1) is 5.75 Å². The van der Waals surface area contributed by atoms with Crippen molar-refractivity contribution in [3.8, 4) is 0 Å². The normalized spacial score (nSPS) is 19.8. The molecular formula is C10H17NO2S. The molecule has 80 valence electrons. The minimum atomic E-state index is -2.99. The monoisotopic (exact) mass is 215 g/mol. The Kier molecular flexibility index (Phi) is 3.89. The summed E-state index contributed by atoms with van der Waals surface area (Å²) in [5.41, 5.74) is 1.56. The fraction of sp³-hybridized carbons (Fsp3) is 0.600. The number of hydrogen-bond donors (Lipinski definition) is 1. The van der Waals surface area contributed by atoms with Crippen molar-refractivity contribution in [3.63, 3.8) is 0 Å². The van der Waals surface area contributed by atoms with E-state index in [1.54, 1.807) is 0 Å². The molecule has 0 atom stereocenters. The van der Waals surface area contributed by atoms with Crippen LogP contribution < -0.4 is 5.32 Å². The summed E-state index contributed by atoms with van der Waals surface area (Å²) in [6, 6.07) is 0. The number of sulfone groups is 1. The Bertz CT molecular complexity index is 341. The minimum Gasteiger partial charge on any atom is -0.313 e. The predicted molar refractivity (Wildman–Crippen MR) is 58.8 cm³/mol. The molecule has 0 amide bonds. The highest BCUT2D eigenvalue weighted by Crippen LogP contribution is 2.20. The largest absolute Gasteiger partial charge is 0.313 e. The lowest BCUT2D eigenvalue weighted by atomic mass is 10.1. The molecule has 1 rings (SSSR count). The molecule has 14 heavy (non-hydrogen) atoms. The van der Waals surface area contributed by atoms with Gasteiger partial charge in [0.2, 0.25) is 0 Å². The molecule has 0 saturated heterocycles. The SMILES string of the molecule is C=C1CS(=O)(=O)C=C1CNCCCC. The standard InChI is InChI=1S/C10H17NO2S/c1-3-4-5-11-6-10-8-14(12,13)7-9(10)2/h8,11H,2-7H2,1H3. The summed E-state index contributed by atoms with van der Waals surface area (Å²) >= 11 is 0. The van der Waals surface area contributed by atoms with Crippen LogP contribution in [-0.2, 0) is 9.84 Å². The zero-order chi connectivity index (χ0) is 10.6. The molecule has 4 heteroatoms. The van der Waals surface area contributed by atoms with Crippen LogP contribution in [0.2, 0.25) is 0 Å². The second-order valence-corrected chi connectivity index (χ2v) is 5.43. The van der Waals surface area contributed by atoms with Crippen molar-refractivity contribution < 1.29 is 8.42 Å². The highest BCUT2D eigenvalue weighted by molar-refractivity contribution is 7.94. The van der Waals surface area contributed by atoms with E-state index < -0.39 is 9.84 Å².